The zero-order valence-corrected chi connectivity index (χ0v) is 14.1. The van der Waals surface area contributed by atoms with E-state index >= 15 is 0 Å². The molecule has 0 unspecified atom stereocenters. The summed E-state index contributed by atoms with van der Waals surface area (Å²) in [7, 11) is 0. The van der Waals surface area contributed by atoms with Crippen LogP contribution in [0.15, 0.2) is 42.5 Å². The molecule has 0 aliphatic carbocycles. The van der Waals surface area contributed by atoms with Gasteiger partial charge < -0.3 is 10.1 Å². The highest BCUT2D eigenvalue weighted by Gasteiger charge is 2.19. The van der Waals surface area contributed by atoms with Crippen LogP contribution < -0.4 is 5.32 Å². The summed E-state index contributed by atoms with van der Waals surface area (Å²) in [6.07, 6.45) is 0. The average Bonchev–Trinajstić information content (AvgIpc) is 2.93. The third-order valence-corrected chi connectivity index (χ3v) is 4.92. The van der Waals surface area contributed by atoms with Gasteiger partial charge in [0.05, 0.1) is 10.7 Å². The van der Waals surface area contributed by atoms with Crippen LogP contribution in [0.5, 0.6) is 0 Å². The predicted octanol–water partition coefficient (Wildman–Crippen LogP) is 4.63. The summed E-state index contributed by atoms with van der Waals surface area (Å²) in [6.45, 7) is -0.625. The minimum atomic E-state index is -0.924. The zero-order valence-electron chi connectivity index (χ0n) is 12.5. The molecule has 25 heavy (non-hydrogen) atoms. The Labute approximate surface area is 150 Å². The van der Waals surface area contributed by atoms with Crippen LogP contribution in [0.2, 0.25) is 5.02 Å². The third kappa shape index (κ3) is 3.78. The smallest absolute Gasteiger partial charge is 0.350 e. The number of fused-ring (bicyclic) bond motifs is 1. The first-order chi connectivity index (χ1) is 12.0. The molecule has 4 nitrogen and oxygen atoms in total. The van der Waals surface area contributed by atoms with Crippen LogP contribution in [0, 0.1) is 11.6 Å². The van der Waals surface area contributed by atoms with E-state index in [9.17, 15) is 18.4 Å². The average molecular weight is 382 g/mol. The summed E-state index contributed by atoms with van der Waals surface area (Å²) in [5, 5.41) is 3.18. The van der Waals surface area contributed by atoms with Gasteiger partial charge in [0, 0.05) is 16.2 Å². The van der Waals surface area contributed by atoms with Gasteiger partial charge in [0.1, 0.15) is 16.5 Å². The van der Waals surface area contributed by atoms with Crippen LogP contribution in [-0.2, 0) is 9.53 Å². The van der Waals surface area contributed by atoms with Gasteiger partial charge in [0.2, 0.25) is 0 Å². The number of esters is 1. The van der Waals surface area contributed by atoms with Crippen molar-refractivity contribution in [3.63, 3.8) is 0 Å². The Balaban J connectivity index is 1.65. The minimum absolute atomic E-state index is 0.184. The molecule has 0 saturated carbocycles. The molecule has 3 aromatic rings. The number of benzene rings is 2. The van der Waals surface area contributed by atoms with Gasteiger partial charge >= 0.3 is 5.97 Å². The molecule has 0 bridgehead atoms. The van der Waals surface area contributed by atoms with E-state index in [1.165, 1.54) is 0 Å². The van der Waals surface area contributed by atoms with Crippen LogP contribution in [0.3, 0.4) is 0 Å². The van der Waals surface area contributed by atoms with Crippen molar-refractivity contribution in [2.45, 2.75) is 0 Å². The highest BCUT2D eigenvalue weighted by molar-refractivity contribution is 7.21. The summed E-state index contributed by atoms with van der Waals surface area (Å²) in [5.74, 6) is -3.19. The third-order valence-electron chi connectivity index (χ3n) is 3.26. The van der Waals surface area contributed by atoms with E-state index in [1.54, 1.807) is 12.1 Å². The van der Waals surface area contributed by atoms with Crippen LogP contribution >= 0.6 is 22.9 Å². The first-order valence-corrected chi connectivity index (χ1v) is 8.24. The van der Waals surface area contributed by atoms with Gasteiger partial charge in [-0.25, -0.2) is 13.6 Å². The van der Waals surface area contributed by atoms with E-state index in [4.69, 9.17) is 16.3 Å². The number of hydrogen-bond donors (Lipinski definition) is 1. The van der Waals surface area contributed by atoms with Gasteiger partial charge in [0.15, 0.2) is 6.61 Å². The molecule has 0 saturated heterocycles. The van der Waals surface area contributed by atoms with Crippen molar-refractivity contribution in [3.8, 4) is 0 Å². The summed E-state index contributed by atoms with van der Waals surface area (Å²) in [5.41, 5.74) is -0.206. The van der Waals surface area contributed by atoms with Gasteiger partial charge in [-0.3, -0.25) is 4.79 Å². The molecule has 0 aliphatic heterocycles. The number of ether oxygens (including phenoxy) is 1. The molecule has 1 aromatic heterocycles. The molecule has 0 fully saturated rings. The summed E-state index contributed by atoms with van der Waals surface area (Å²) >= 11 is 7.31. The lowest BCUT2D eigenvalue weighted by molar-refractivity contribution is -0.119. The van der Waals surface area contributed by atoms with Gasteiger partial charge in [-0.05, 0) is 18.2 Å². The molecule has 8 heteroatoms. The molecule has 1 N–H and O–H groups in total. The molecule has 2 aromatic carbocycles. The van der Waals surface area contributed by atoms with Crippen molar-refractivity contribution in [1.82, 2.24) is 0 Å². The predicted molar refractivity (Wildman–Crippen MR) is 92.1 cm³/mol. The number of hydrogen-bond acceptors (Lipinski definition) is 4. The van der Waals surface area contributed by atoms with Gasteiger partial charge in [-0.15, -0.1) is 11.3 Å². The number of halogens is 3. The number of anilines is 1. The number of carbonyl (C=O) groups is 2. The van der Waals surface area contributed by atoms with Gasteiger partial charge in [-0.2, -0.15) is 0 Å². The molecule has 0 atom stereocenters. The molecule has 128 valence electrons. The van der Waals surface area contributed by atoms with E-state index in [0.29, 0.717) is 6.07 Å². The highest BCUT2D eigenvalue weighted by atomic mass is 35.5. The summed E-state index contributed by atoms with van der Waals surface area (Å²) in [6, 6.07) is 9.91. The standard InChI is InChI=1S/C17H10ClF2NO3S/c18-15-10-3-1-2-4-13(10)25-16(15)17(23)24-8-14(22)21-12-6-5-9(19)7-11(12)20/h1-7H,8H2,(H,21,22). The topological polar surface area (TPSA) is 55.4 Å². The van der Waals surface area contributed by atoms with E-state index in [0.717, 1.165) is 33.6 Å². The van der Waals surface area contributed by atoms with E-state index < -0.39 is 30.1 Å². The number of carbonyl (C=O) groups excluding carboxylic acids is 2. The van der Waals surface area contributed by atoms with Crippen LogP contribution in [0.1, 0.15) is 9.67 Å². The van der Waals surface area contributed by atoms with E-state index in [2.05, 4.69) is 5.32 Å². The molecule has 1 heterocycles. The fourth-order valence-electron chi connectivity index (χ4n) is 2.12. The van der Waals surface area contributed by atoms with Crippen LogP contribution in [0.25, 0.3) is 10.1 Å². The van der Waals surface area contributed by atoms with Crippen molar-refractivity contribution in [1.29, 1.82) is 0 Å². The van der Waals surface area contributed by atoms with Crippen molar-refractivity contribution in [2.75, 3.05) is 11.9 Å². The lowest BCUT2D eigenvalue weighted by Crippen LogP contribution is -2.21. The van der Waals surface area contributed by atoms with Gasteiger partial charge in [-0.1, -0.05) is 29.8 Å². The Morgan fingerprint density at radius 1 is 1.16 bits per heavy atom. The fourth-order valence-corrected chi connectivity index (χ4v) is 3.52. The molecule has 1 amide bonds. The molecule has 0 aliphatic rings. The molecular formula is C17H10ClF2NO3S. The molecular weight excluding hydrogens is 372 g/mol. The van der Waals surface area contributed by atoms with Crippen molar-refractivity contribution < 1.29 is 23.1 Å². The maximum absolute atomic E-state index is 13.5. The maximum Gasteiger partial charge on any atom is 0.350 e. The van der Waals surface area contributed by atoms with Crippen molar-refractivity contribution >= 4 is 50.6 Å². The molecule has 0 radical (unpaired) electrons. The Kier molecular flexibility index (Phi) is 4.96. The minimum Gasteiger partial charge on any atom is -0.451 e. The highest BCUT2D eigenvalue weighted by Crippen LogP contribution is 2.35. The Hall–Kier alpha value is -2.51. The number of amides is 1. The van der Waals surface area contributed by atoms with E-state index in [-0.39, 0.29) is 15.6 Å². The fraction of sp³-hybridized carbons (Fsp3) is 0.0588. The number of nitrogens with one attached hydrogen (secondary N) is 1. The van der Waals surface area contributed by atoms with Crippen molar-refractivity contribution in [2.24, 2.45) is 0 Å². The molecule has 0 spiro atoms. The largest absolute Gasteiger partial charge is 0.451 e. The second-order valence-electron chi connectivity index (χ2n) is 4.99. The lowest BCUT2D eigenvalue weighted by Gasteiger charge is -2.07. The normalized spacial score (nSPS) is 10.7. The lowest BCUT2D eigenvalue weighted by atomic mass is 10.2. The number of thiophene rings is 1. The Bertz CT molecular complexity index is 974. The van der Waals surface area contributed by atoms with Gasteiger partial charge in [0.25, 0.3) is 5.91 Å². The van der Waals surface area contributed by atoms with Crippen LogP contribution in [-0.4, -0.2) is 18.5 Å². The second-order valence-corrected chi connectivity index (χ2v) is 6.42. The monoisotopic (exact) mass is 381 g/mol. The Morgan fingerprint density at radius 2 is 1.92 bits per heavy atom. The van der Waals surface area contributed by atoms with E-state index in [1.807, 2.05) is 12.1 Å². The second kappa shape index (κ2) is 7.16. The van der Waals surface area contributed by atoms with Crippen molar-refractivity contribution in [3.05, 3.63) is 64.0 Å². The number of rotatable bonds is 4. The zero-order chi connectivity index (χ0) is 18.0. The maximum atomic E-state index is 13.5. The first-order valence-electron chi connectivity index (χ1n) is 7.05. The SMILES string of the molecule is O=C(COC(=O)c1sc2ccccc2c1Cl)Nc1ccc(F)cc1F. The summed E-state index contributed by atoms with van der Waals surface area (Å²) < 4.78 is 32.0. The Morgan fingerprint density at radius 3 is 2.64 bits per heavy atom. The first kappa shape index (κ1) is 17.3. The van der Waals surface area contributed by atoms with Crippen LogP contribution in [0.4, 0.5) is 14.5 Å². The molecule has 3 rings (SSSR count). The summed E-state index contributed by atoms with van der Waals surface area (Å²) in [4.78, 5) is 24.1. The quantitative estimate of drug-likeness (QED) is 0.670.